The molecular formula is C18H20O4. The molecule has 0 spiro atoms. The Morgan fingerprint density at radius 2 is 1.55 bits per heavy atom. The van der Waals surface area contributed by atoms with Gasteiger partial charge in [0.15, 0.2) is 11.5 Å². The zero-order valence-corrected chi connectivity index (χ0v) is 13.1. The number of aromatic hydroxyl groups is 1. The number of fused-ring (bicyclic) bond motifs is 3. The first-order valence-corrected chi connectivity index (χ1v) is 7.35. The Morgan fingerprint density at radius 1 is 0.864 bits per heavy atom. The summed E-state index contributed by atoms with van der Waals surface area (Å²) in [6.07, 6.45) is 2.80. The fraction of sp³-hybridized carbons (Fsp3) is 0.333. The predicted octanol–water partition coefficient (Wildman–Crippen LogP) is 3.57. The van der Waals surface area contributed by atoms with Crippen molar-refractivity contribution in [3.05, 3.63) is 35.4 Å². The molecule has 0 bridgehead atoms. The summed E-state index contributed by atoms with van der Waals surface area (Å²) < 4.78 is 16.4. The summed E-state index contributed by atoms with van der Waals surface area (Å²) in [4.78, 5) is 0. The molecule has 1 N–H and O–H groups in total. The smallest absolute Gasteiger partial charge is 0.207 e. The van der Waals surface area contributed by atoms with Crippen LogP contribution >= 0.6 is 0 Å². The standard InChI is InChI=1S/C18H20O4/c1-20-16-13-10-6-8-11-7-4-5-9-12(11)14(13)17(21-2)18(22-3)15(16)19/h4-5,7,9,19H,6,8,10H2,1-3H3. The first-order valence-electron chi connectivity index (χ1n) is 7.35. The molecule has 3 rings (SSSR count). The Bertz CT molecular complexity index is 707. The van der Waals surface area contributed by atoms with E-state index in [4.69, 9.17) is 14.2 Å². The van der Waals surface area contributed by atoms with Crippen LogP contribution in [0.2, 0.25) is 0 Å². The molecular weight excluding hydrogens is 280 g/mol. The molecule has 2 aromatic rings. The summed E-state index contributed by atoms with van der Waals surface area (Å²) in [5.41, 5.74) is 4.32. The molecule has 4 nitrogen and oxygen atoms in total. The molecule has 4 heteroatoms. The second-order valence-corrected chi connectivity index (χ2v) is 5.31. The van der Waals surface area contributed by atoms with Crippen molar-refractivity contribution < 1.29 is 19.3 Å². The number of ether oxygens (including phenoxy) is 3. The minimum absolute atomic E-state index is 0.0000175. The van der Waals surface area contributed by atoms with Crippen LogP contribution in [0.3, 0.4) is 0 Å². The van der Waals surface area contributed by atoms with Crippen molar-refractivity contribution in [3.63, 3.8) is 0 Å². The van der Waals surface area contributed by atoms with Crippen molar-refractivity contribution in [2.75, 3.05) is 21.3 Å². The van der Waals surface area contributed by atoms with Crippen LogP contribution in [0.4, 0.5) is 0 Å². The third kappa shape index (κ3) is 2.06. The van der Waals surface area contributed by atoms with Gasteiger partial charge in [0, 0.05) is 11.1 Å². The lowest BCUT2D eigenvalue weighted by Crippen LogP contribution is -2.01. The van der Waals surface area contributed by atoms with Crippen molar-refractivity contribution in [1.29, 1.82) is 0 Å². The van der Waals surface area contributed by atoms with Gasteiger partial charge in [-0.25, -0.2) is 0 Å². The third-order valence-electron chi connectivity index (χ3n) is 4.21. The van der Waals surface area contributed by atoms with Gasteiger partial charge < -0.3 is 19.3 Å². The molecule has 0 unspecified atom stereocenters. The number of phenolic OH excluding ortho intramolecular Hbond substituents is 1. The van der Waals surface area contributed by atoms with Gasteiger partial charge in [0.25, 0.3) is 0 Å². The van der Waals surface area contributed by atoms with E-state index >= 15 is 0 Å². The van der Waals surface area contributed by atoms with Gasteiger partial charge in [0.05, 0.1) is 21.3 Å². The molecule has 22 heavy (non-hydrogen) atoms. The molecule has 0 aromatic heterocycles. The lowest BCUT2D eigenvalue weighted by molar-refractivity contribution is 0.315. The Labute approximate surface area is 130 Å². The van der Waals surface area contributed by atoms with Crippen LogP contribution in [0.25, 0.3) is 11.1 Å². The average Bonchev–Trinajstić information content (AvgIpc) is 2.73. The van der Waals surface area contributed by atoms with Crippen LogP contribution in [-0.2, 0) is 12.8 Å². The van der Waals surface area contributed by atoms with Crippen LogP contribution in [0.5, 0.6) is 23.0 Å². The number of hydrogen-bond donors (Lipinski definition) is 1. The zero-order valence-electron chi connectivity index (χ0n) is 13.1. The maximum absolute atomic E-state index is 10.5. The highest BCUT2D eigenvalue weighted by molar-refractivity contribution is 5.85. The van der Waals surface area contributed by atoms with Gasteiger partial charge in [-0.3, -0.25) is 0 Å². The molecule has 0 heterocycles. The monoisotopic (exact) mass is 300 g/mol. The Hall–Kier alpha value is -2.36. The topological polar surface area (TPSA) is 47.9 Å². The highest BCUT2D eigenvalue weighted by Gasteiger charge is 2.29. The number of benzene rings is 2. The van der Waals surface area contributed by atoms with Crippen molar-refractivity contribution in [2.45, 2.75) is 19.3 Å². The van der Waals surface area contributed by atoms with Crippen LogP contribution in [0.1, 0.15) is 17.5 Å². The van der Waals surface area contributed by atoms with E-state index in [-0.39, 0.29) is 5.75 Å². The molecule has 1 aliphatic carbocycles. The Balaban J connectivity index is 2.43. The Morgan fingerprint density at radius 3 is 2.23 bits per heavy atom. The van der Waals surface area contributed by atoms with Crippen molar-refractivity contribution in [3.8, 4) is 34.1 Å². The van der Waals surface area contributed by atoms with E-state index < -0.39 is 0 Å². The van der Waals surface area contributed by atoms with E-state index in [1.54, 1.807) is 14.2 Å². The molecule has 2 aromatic carbocycles. The lowest BCUT2D eigenvalue weighted by Gasteiger charge is -2.21. The van der Waals surface area contributed by atoms with Crippen LogP contribution in [-0.4, -0.2) is 26.4 Å². The molecule has 1 aliphatic rings. The van der Waals surface area contributed by atoms with E-state index in [9.17, 15) is 5.11 Å². The summed E-state index contributed by atoms with van der Waals surface area (Å²) in [5.74, 6) is 1.35. The van der Waals surface area contributed by atoms with Gasteiger partial charge in [-0.2, -0.15) is 0 Å². The molecule has 0 saturated carbocycles. The minimum atomic E-state index is -0.0000175. The quantitative estimate of drug-likeness (QED) is 0.941. The van der Waals surface area contributed by atoms with Crippen molar-refractivity contribution in [1.82, 2.24) is 0 Å². The number of aryl methyl sites for hydroxylation is 1. The number of methoxy groups -OCH3 is 3. The van der Waals surface area contributed by atoms with E-state index in [0.717, 1.165) is 36.0 Å². The molecule has 116 valence electrons. The van der Waals surface area contributed by atoms with Crippen LogP contribution < -0.4 is 14.2 Å². The Kier molecular flexibility index (Phi) is 3.84. The lowest BCUT2D eigenvalue weighted by atomic mass is 9.94. The normalized spacial score (nSPS) is 12.9. The minimum Gasteiger partial charge on any atom is -0.502 e. The van der Waals surface area contributed by atoms with Gasteiger partial charge in [-0.05, 0) is 30.4 Å². The molecule has 0 amide bonds. The first kappa shape index (κ1) is 14.6. The molecule has 0 saturated heterocycles. The maximum Gasteiger partial charge on any atom is 0.207 e. The number of phenols is 1. The highest BCUT2D eigenvalue weighted by atomic mass is 16.5. The largest absolute Gasteiger partial charge is 0.502 e. The van der Waals surface area contributed by atoms with Crippen molar-refractivity contribution in [2.24, 2.45) is 0 Å². The van der Waals surface area contributed by atoms with Gasteiger partial charge in [-0.15, -0.1) is 0 Å². The highest BCUT2D eigenvalue weighted by Crippen LogP contribution is 2.54. The summed E-state index contributed by atoms with van der Waals surface area (Å²) in [5, 5.41) is 10.5. The molecule has 0 aliphatic heterocycles. The molecule has 0 radical (unpaired) electrons. The van der Waals surface area contributed by atoms with Crippen LogP contribution in [0, 0.1) is 0 Å². The number of rotatable bonds is 3. The van der Waals surface area contributed by atoms with Gasteiger partial charge >= 0.3 is 0 Å². The van der Waals surface area contributed by atoms with E-state index in [1.807, 2.05) is 12.1 Å². The van der Waals surface area contributed by atoms with Crippen LogP contribution in [0.15, 0.2) is 24.3 Å². The second-order valence-electron chi connectivity index (χ2n) is 5.31. The third-order valence-corrected chi connectivity index (χ3v) is 4.21. The fourth-order valence-corrected chi connectivity index (χ4v) is 3.28. The van der Waals surface area contributed by atoms with Gasteiger partial charge in [0.2, 0.25) is 11.5 Å². The molecule has 0 atom stereocenters. The van der Waals surface area contributed by atoms with E-state index in [0.29, 0.717) is 17.2 Å². The van der Waals surface area contributed by atoms with Gasteiger partial charge in [-0.1, -0.05) is 24.3 Å². The summed E-state index contributed by atoms with van der Waals surface area (Å²) in [6.45, 7) is 0. The van der Waals surface area contributed by atoms with E-state index in [2.05, 4.69) is 12.1 Å². The zero-order chi connectivity index (χ0) is 15.7. The first-order chi connectivity index (χ1) is 10.7. The SMILES string of the molecule is COc1c(O)c(OC)c(OC)c2c1CCCc1ccccc1-2. The summed E-state index contributed by atoms with van der Waals surface area (Å²) in [6, 6.07) is 8.28. The van der Waals surface area contributed by atoms with Crippen molar-refractivity contribution >= 4 is 0 Å². The number of hydrogen-bond acceptors (Lipinski definition) is 4. The summed E-state index contributed by atoms with van der Waals surface area (Å²) >= 11 is 0. The average molecular weight is 300 g/mol. The predicted molar refractivity (Wildman–Crippen MR) is 85.2 cm³/mol. The van der Waals surface area contributed by atoms with Gasteiger partial charge in [0.1, 0.15) is 0 Å². The summed E-state index contributed by atoms with van der Waals surface area (Å²) in [7, 11) is 4.68. The maximum atomic E-state index is 10.5. The molecule has 0 fully saturated rings. The second kappa shape index (κ2) is 5.79. The van der Waals surface area contributed by atoms with E-state index in [1.165, 1.54) is 12.7 Å². The fourth-order valence-electron chi connectivity index (χ4n) is 3.28.